The van der Waals surface area contributed by atoms with Crippen LogP contribution < -0.4 is 0 Å². The molecule has 0 aliphatic carbocycles. The molecule has 0 fully saturated rings. The van der Waals surface area contributed by atoms with Crippen LogP contribution >= 0.6 is 0 Å². The van der Waals surface area contributed by atoms with Crippen molar-refractivity contribution in [2.24, 2.45) is 0 Å². The Morgan fingerprint density at radius 2 is 1.33 bits per heavy atom. The second-order valence-electron chi connectivity index (χ2n) is 4.93. The van der Waals surface area contributed by atoms with E-state index in [0.717, 1.165) is 0 Å². The Balaban J connectivity index is 2.24. The highest BCUT2D eigenvalue weighted by Crippen LogP contribution is 2.11. The van der Waals surface area contributed by atoms with E-state index >= 15 is 0 Å². The summed E-state index contributed by atoms with van der Waals surface area (Å²) in [5, 5.41) is 0. The van der Waals surface area contributed by atoms with Gasteiger partial charge in [0.1, 0.15) is 11.4 Å². The van der Waals surface area contributed by atoms with E-state index in [1.807, 2.05) is 36.8 Å². The molecule has 5 heteroatoms. The van der Waals surface area contributed by atoms with Gasteiger partial charge in [0.2, 0.25) is 5.78 Å². The first kappa shape index (κ1) is 12.5. The van der Waals surface area contributed by atoms with Crippen molar-refractivity contribution in [3.8, 4) is 0 Å². The third-order valence-corrected chi connectivity index (χ3v) is 2.86. The lowest BCUT2D eigenvalue weighted by Crippen LogP contribution is -2.03. The van der Waals surface area contributed by atoms with Gasteiger partial charge in [-0.05, 0) is 27.7 Å². The smallest absolute Gasteiger partial charge is 0.232 e. The fourth-order valence-electron chi connectivity index (χ4n) is 1.60. The Labute approximate surface area is 106 Å². The lowest BCUT2D eigenvalue weighted by atomic mass is 10.2. The van der Waals surface area contributed by atoms with Crippen molar-refractivity contribution in [3.05, 3.63) is 36.4 Å². The number of carbonyl (C=O) groups is 1. The molecule has 96 valence electrons. The van der Waals surface area contributed by atoms with Gasteiger partial charge in [0.15, 0.2) is 0 Å². The van der Waals surface area contributed by atoms with E-state index in [0.29, 0.717) is 23.5 Å². The maximum Gasteiger partial charge on any atom is 0.232 e. The van der Waals surface area contributed by atoms with Crippen LogP contribution in [0.25, 0.3) is 0 Å². The number of hydrogen-bond donors (Lipinski definition) is 0. The van der Waals surface area contributed by atoms with Crippen LogP contribution in [0.15, 0.2) is 25.0 Å². The van der Waals surface area contributed by atoms with Gasteiger partial charge in [-0.1, -0.05) is 0 Å². The minimum Gasteiger partial charge on any atom is -0.334 e. The summed E-state index contributed by atoms with van der Waals surface area (Å²) in [7, 11) is 0. The van der Waals surface area contributed by atoms with Gasteiger partial charge in [0, 0.05) is 24.5 Å². The Kier molecular flexibility index (Phi) is 3.32. The van der Waals surface area contributed by atoms with Gasteiger partial charge in [-0.15, -0.1) is 0 Å². The van der Waals surface area contributed by atoms with Crippen LogP contribution in [0.2, 0.25) is 0 Å². The molecule has 0 unspecified atom stereocenters. The van der Waals surface area contributed by atoms with Gasteiger partial charge >= 0.3 is 0 Å². The van der Waals surface area contributed by atoms with E-state index in [2.05, 4.69) is 9.97 Å². The van der Waals surface area contributed by atoms with E-state index in [-0.39, 0.29) is 5.78 Å². The van der Waals surface area contributed by atoms with Crippen LogP contribution in [0.5, 0.6) is 0 Å². The summed E-state index contributed by atoms with van der Waals surface area (Å²) < 4.78 is 3.82. The van der Waals surface area contributed by atoms with Crippen molar-refractivity contribution < 1.29 is 4.79 Å². The quantitative estimate of drug-likeness (QED) is 0.779. The molecule has 2 aromatic heterocycles. The molecule has 0 atom stereocenters. The molecule has 2 heterocycles. The van der Waals surface area contributed by atoms with Gasteiger partial charge in [-0.25, -0.2) is 9.97 Å². The first-order valence-electron chi connectivity index (χ1n) is 6.10. The fraction of sp³-hybridized carbons (Fsp3) is 0.462. The number of nitrogens with zero attached hydrogens (tertiary/aromatic N) is 4. The molecular weight excluding hydrogens is 228 g/mol. The van der Waals surface area contributed by atoms with Crippen molar-refractivity contribution in [3.63, 3.8) is 0 Å². The molecule has 0 aliphatic heterocycles. The molecule has 0 amide bonds. The predicted molar refractivity (Wildman–Crippen MR) is 68.7 cm³/mol. The number of aromatic nitrogens is 4. The summed E-state index contributed by atoms with van der Waals surface area (Å²) in [4.78, 5) is 20.4. The van der Waals surface area contributed by atoms with Crippen molar-refractivity contribution in [1.29, 1.82) is 0 Å². The molecule has 0 aliphatic rings. The van der Waals surface area contributed by atoms with Crippen LogP contribution in [-0.2, 0) is 0 Å². The lowest BCUT2D eigenvalue weighted by Gasteiger charge is -2.03. The first-order chi connectivity index (χ1) is 8.49. The normalized spacial score (nSPS) is 11.4. The SMILES string of the molecule is CC(C)n1cnc(C(=O)c2cn(C(C)C)cn2)c1. The number of ketones is 1. The molecule has 2 aromatic rings. The van der Waals surface area contributed by atoms with Crippen molar-refractivity contribution in [2.75, 3.05) is 0 Å². The van der Waals surface area contributed by atoms with Gasteiger partial charge in [0.25, 0.3) is 0 Å². The molecular formula is C13H18N4O. The highest BCUT2D eigenvalue weighted by molar-refractivity contribution is 6.06. The molecule has 0 N–H and O–H groups in total. The van der Waals surface area contributed by atoms with Crippen LogP contribution in [0.1, 0.15) is 56.0 Å². The summed E-state index contributed by atoms with van der Waals surface area (Å²) in [6, 6.07) is 0.597. The molecule has 18 heavy (non-hydrogen) atoms. The number of hydrogen-bond acceptors (Lipinski definition) is 3. The average molecular weight is 246 g/mol. The Morgan fingerprint density at radius 1 is 0.944 bits per heavy atom. The summed E-state index contributed by atoms with van der Waals surface area (Å²) in [5.41, 5.74) is 0.885. The summed E-state index contributed by atoms with van der Waals surface area (Å²) in [6.07, 6.45) is 6.89. The van der Waals surface area contributed by atoms with Gasteiger partial charge in [0.05, 0.1) is 12.7 Å². The molecule has 0 saturated carbocycles. The minimum atomic E-state index is -0.131. The highest BCUT2D eigenvalue weighted by atomic mass is 16.1. The molecule has 0 saturated heterocycles. The molecule has 5 nitrogen and oxygen atoms in total. The van der Waals surface area contributed by atoms with Gasteiger partial charge in [-0.2, -0.15) is 0 Å². The third kappa shape index (κ3) is 2.34. The third-order valence-electron chi connectivity index (χ3n) is 2.86. The summed E-state index contributed by atoms with van der Waals surface area (Å²) in [6.45, 7) is 8.18. The van der Waals surface area contributed by atoms with E-state index < -0.39 is 0 Å². The van der Waals surface area contributed by atoms with Gasteiger partial charge < -0.3 is 9.13 Å². The Bertz CT molecular complexity index is 503. The average Bonchev–Trinajstić information content (AvgIpc) is 2.97. The Morgan fingerprint density at radius 3 is 1.61 bits per heavy atom. The largest absolute Gasteiger partial charge is 0.334 e. The first-order valence-corrected chi connectivity index (χ1v) is 6.10. The Hall–Kier alpha value is -1.91. The zero-order valence-electron chi connectivity index (χ0n) is 11.2. The van der Waals surface area contributed by atoms with Crippen molar-refractivity contribution in [2.45, 2.75) is 39.8 Å². The molecule has 0 bridgehead atoms. The zero-order chi connectivity index (χ0) is 13.3. The maximum atomic E-state index is 12.2. The number of carbonyl (C=O) groups excluding carboxylic acids is 1. The summed E-state index contributed by atoms with van der Waals surface area (Å²) >= 11 is 0. The number of rotatable bonds is 4. The van der Waals surface area contributed by atoms with E-state index in [1.54, 1.807) is 25.0 Å². The van der Waals surface area contributed by atoms with E-state index in [4.69, 9.17) is 0 Å². The van der Waals surface area contributed by atoms with Gasteiger partial charge in [-0.3, -0.25) is 4.79 Å². The monoisotopic (exact) mass is 246 g/mol. The van der Waals surface area contributed by atoms with Crippen LogP contribution in [0.3, 0.4) is 0 Å². The van der Waals surface area contributed by atoms with Crippen LogP contribution in [0.4, 0.5) is 0 Å². The standard InChI is InChI=1S/C13H18N4O/c1-9(2)16-5-11(14-7-16)13(18)12-6-17(8-15-12)10(3)4/h5-10H,1-4H3. The highest BCUT2D eigenvalue weighted by Gasteiger charge is 2.16. The zero-order valence-corrected chi connectivity index (χ0v) is 11.2. The fourth-order valence-corrected chi connectivity index (χ4v) is 1.60. The minimum absolute atomic E-state index is 0.131. The van der Waals surface area contributed by atoms with E-state index in [9.17, 15) is 4.79 Å². The molecule has 0 aromatic carbocycles. The topological polar surface area (TPSA) is 52.7 Å². The van der Waals surface area contributed by atoms with Crippen LogP contribution in [-0.4, -0.2) is 24.9 Å². The lowest BCUT2D eigenvalue weighted by molar-refractivity contribution is 0.103. The maximum absolute atomic E-state index is 12.2. The summed E-state index contributed by atoms with van der Waals surface area (Å²) in [5.74, 6) is -0.131. The van der Waals surface area contributed by atoms with Crippen LogP contribution in [0, 0.1) is 0 Å². The van der Waals surface area contributed by atoms with E-state index in [1.165, 1.54) is 0 Å². The molecule has 0 radical (unpaired) electrons. The predicted octanol–water partition coefficient (Wildman–Crippen LogP) is 2.47. The second-order valence-corrected chi connectivity index (χ2v) is 4.93. The second kappa shape index (κ2) is 4.76. The molecule has 0 spiro atoms. The molecule has 2 rings (SSSR count). The number of imidazole rings is 2. The van der Waals surface area contributed by atoms with Crippen molar-refractivity contribution in [1.82, 2.24) is 19.1 Å². The van der Waals surface area contributed by atoms with Crippen molar-refractivity contribution >= 4 is 5.78 Å².